The van der Waals surface area contributed by atoms with Gasteiger partial charge in [0.05, 0.1) is 24.9 Å². The van der Waals surface area contributed by atoms with Crippen LogP contribution in [0.3, 0.4) is 0 Å². The minimum Gasteiger partial charge on any atom is -0.493 e. The second-order valence-corrected chi connectivity index (χ2v) is 8.69. The monoisotopic (exact) mass is 520 g/mol. The standard InChI is InChI=1S/C26H27FN6O2.CH2O2/c1-3-35-23-6-8-28-15-22(23)20-14-19(25(27)26-21(20)13-17(2)30-26)18-5-4-10-32(16-18)24(34)7-11-33-12-9-29-31-33;2-1-3/h5-6,8-9,12-15,30H,3-4,7,10-11,16H2,1-2H3;1H,(H,2,3). The molecule has 4 heterocycles. The third-order valence-corrected chi connectivity index (χ3v) is 6.23. The molecule has 1 amide bonds. The van der Waals surface area contributed by atoms with Gasteiger partial charge in [-0.2, -0.15) is 0 Å². The van der Waals surface area contributed by atoms with Gasteiger partial charge < -0.3 is 19.7 Å². The topological polar surface area (TPSA) is 126 Å². The normalized spacial score (nSPS) is 13.0. The minimum absolute atomic E-state index is 0.00872. The van der Waals surface area contributed by atoms with Gasteiger partial charge in [0, 0.05) is 60.3 Å². The number of rotatable bonds is 7. The number of carbonyl (C=O) groups is 2. The van der Waals surface area contributed by atoms with E-state index in [4.69, 9.17) is 14.6 Å². The number of nitrogens with zero attached hydrogens (tertiary/aromatic N) is 5. The number of ether oxygens (including phenoxy) is 1. The van der Waals surface area contributed by atoms with Crippen molar-refractivity contribution in [3.63, 3.8) is 0 Å². The van der Waals surface area contributed by atoms with Crippen LogP contribution in [0.2, 0.25) is 0 Å². The molecule has 0 aliphatic carbocycles. The predicted molar refractivity (Wildman–Crippen MR) is 140 cm³/mol. The molecule has 38 heavy (non-hydrogen) atoms. The van der Waals surface area contributed by atoms with E-state index in [9.17, 15) is 4.79 Å². The highest BCUT2D eigenvalue weighted by Gasteiger charge is 2.24. The molecule has 0 atom stereocenters. The molecule has 11 heteroatoms. The Kier molecular flexibility index (Phi) is 8.47. The van der Waals surface area contributed by atoms with Gasteiger partial charge in [-0.1, -0.05) is 11.3 Å². The van der Waals surface area contributed by atoms with Gasteiger partial charge in [0.1, 0.15) is 5.75 Å². The van der Waals surface area contributed by atoms with E-state index in [0.29, 0.717) is 55.9 Å². The number of amides is 1. The second kappa shape index (κ2) is 12.1. The second-order valence-electron chi connectivity index (χ2n) is 8.69. The van der Waals surface area contributed by atoms with Crippen LogP contribution in [0, 0.1) is 12.7 Å². The fourth-order valence-electron chi connectivity index (χ4n) is 4.59. The van der Waals surface area contributed by atoms with E-state index in [1.807, 2.05) is 38.1 Å². The number of hydrogen-bond donors (Lipinski definition) is 2. The summed E-state index contributed by atoms with van der Waals surface area (Å²) in [7, 11) is 0. The molecule has 198 valence electrons. The predicted octanol–water partition coefficient (Wildman–Crippen LogP) is 4.07. The fourth-order valence-corrected chi connectivity index (χ4v) is 4.59. The van der Waals surface area contributed by atoms with Crippen molar-refractivity contribution in [1.29, 1.82) is 0 Å². The number of carbonyl (C=O) groups excluding carboxylic acids is 1. The third kappa shape index (κ3) is 5.72. The Balaban J connectivity index is 0.00000107. The number of aromatic nitrogens is 5. The van der Waals surface area contributed by atoms with Gasteiger partial charge in [-0.3, -0.25) is 19.3 Å². The highest BCUT2D eigenvalue weighted by atomic mass is 19.1. The van der Waals surface area contributed by atoms with Crippen LogP contribution < -0.4 is 4.74 Å². The molecule has 10 nitrogen and oxygen atoms in total. The number of nitrogens with one attached hydrogen (secondary N) is 1. The van der Waals surface area contributed by atoms with Gasteiger partial charge in [0.15, 0.2) is 5.82 Å². The molecule has 1 aliphatic rings. The molecule has 0 saturated carbocycles. The molecule has 1 aromatic carbocycles. The Bertz CT molecular complexity index is 1450. The van der Waals surface area contributed by atoms with Gasteiger partial charge in [-0.15, -0.1) is 5.10 Å². The summed E-state index contributed by atoms with van der Waals surface area (Å²) in [5.41, 5.74) is 4.22. The number of halogens is 1. The van der Waals surface area contributed by atoms with E-state index in [1.54, 1.807) is 34.4 Å². The first-order valence-electron chi connectivity index (χ1n) is 12.2. The largest absolute Gasteiger partial charge is 0.493 e. The molecular formula is C27H29FN6O4. The maximum absolute atomic E-state index is 15.8. The maximum Gasteiger partial charge on any atom is 0.290 e. The molecule has 4 aromatic rings. The van der Waals surface area contributed by atoms with Gasteiger partial charge in [0.2, 0.25) is 5.91 Å². The van der Waals surface area contributed by atoms with Crippen molar-refractivity contribution in [3.05, 3.63) is 66.1 Å². The van der Waals surface area contributed by atoms with Crippen LogP contribution in [0.5, 0.6) is 5.75 Å². The average molecular weight is 521 g/mol. The van der Waals surface area contributed by atoms with E-state index >= 15 is 4.39 Å². The Hall–Kier alpha value is -4.54. The van der Waals surface area contributed by atoms with Gasteiger partial charge in [-0.25, -0.2) is 4.39 Å². The summed E-state index contributed by atoms with van der Waals surface area (Å²) in [5.74, 6) is 0.388. The van der Waals surface area contributed by atoms with E-state index in [2.05, 4.69) is 20.3 Å². The van der Waals surface area contributed by atoms with Crippen molar-refractivity contribution in [2.45, 2.75) is 33.2 Å². The van der Waals surface area contributed by atoms with Crippen molar-refractivity contribution in [3.8, 4) is 16.9 Å². The number of H-pyrrole nitrogens is 1. The molecule has 3 aromatic heterocycles. The van der Waals surface area contributed by atoms with Gasteiger partial charge in [0.25, 0.3) is 6.47 Å². The van der Waals surface area contributed by atoms with Gasteiger partial charge in [-0.05, 0) is 49.6 Å². The van der Waals surface area contributed by atoms with Crippen molar-refractivity contribution in [2.75, 3.05) is 19.7 Å². The fraction of sp³-hybridized carbons (Fsp3) is 0.296. The van der Waals surface area contributed by atoms with Gasteiger partial charge >= 0.3 is 0 Å². The molecule has 0 radical (unpaired) electrons. The molecule has 0 fully saturated rings. The average Bonchev–Trinajstić information content (AvgIpc) is 3.59. The quantitative estimate of drug-likeness (QED) is 0.352. The SMILES string of the molecule is CCOc1ccncc1-c1cc(C2=CCCN(C(=O)CCn3ccnn3)C2)c(F)c2[nH]c(C)cc12.O=CO. The minimum atomic E-state index is -0.318. The Morgan fingerprint density at radius 1 is 1.26 bits per heavy atom. The number of pyridine rings is 1. The summed E-state index contributed by atoms with van der Waals surface area (Å²) in [6.07, 6.45) is 9.75. The van der Waals surface area contributed by atoms with Crippen molar-refractivity contribution in [2.24, 2.45) is 0 Å². The summed E-state index contributed by atoms with van der Waals surface area (Å²) < 4.78 is 23.3. The maximum atomic E-state index is 15.8. The zero-order valence-corrected chi connectivity index (χ0v) is 21.2. The molecule has 0 spiro atoms. The molecule has 0 unspecified atom stereocenters. The van der Waals surface area contributed by atoms with Crippen LogP contribution in [0.1, 0.15) is 31.0 Å². The summed E-state index contributed by atoms with van der Waals surface area (Å²) in [6, 6.07) is 5.62. The lowest BCUT2D eigenvalue weighted by Gasteiger charge is -2.28. The zero-order valence-electron chi connectivity index (χ0n) is 21.2. The number of aryl methyl sites for hydroxylation is 2. The van der Waals surface area contributed by atoms with E-state index in [0.717, 1.165) is 27.8 Å². The third-order valence-electron chi connectivity index (χ3n) is 6.23. The highest BCUT2D eigenvalue weighted by molar-refractivity contribution is 6.00. The van der Waals surface area contributed by atoms with Crippen LogP contribution >= 0.6 is 0 Å². The number of aromatic amines is 1. The Morgan fingerprint density at radius 3 is 2.82 bits per heavy atom. The number of hydrogen-bond acceptors (Lipinski definition) is 6. The lowest BCUT2D eigenvalue weighted by atomic mass is 9.93. The summed E-state index contributed by atoms with van der Waals surface area (Å²) in [5, 5.41) is 15.3. The molecule has 1 aliphatic heterocycles. The van der Waals surface area contributed by atoms with Crippen LogP contribution in [-0.4, -0.2) is 67.0 Å². The van der Waals surface area contributed by atoms with E-state index in [-0.39, 0.29) is 18.2 Å². The lowest BCUT2D eigenvalue weighted by molar-refractivity contribution is -0.131. The smallest absolute Gasteiger partial charge is 0.290 e. The van der Waals surface area contributed by atoms with E-state index in [1.165, 1.54) is 0 Å². The Labute approximate surface area is 218 Å². The first kappa shape index (κ1) is 26.5. The highest BCUT2D eigenvalue weighted by Crippen LogP contribution is 2.39. The number of carboxylic acid groups (broad SMARTS) is 1. The molecular weight excluding hydrogens is 491 g/mol. The first-order valence-corrected chi connectivity index (χ1v) is 12.2. The molecule has 2 N–H and O–H groups in total. The van der Waals surface area contributed by atoms with Crippen LogP contribution in [-0.2, 0) is 16.1 Å². The van der Waals surface area contributed by atoms with Crippen molar-refractivity contribution in [1.82, 2.24) is 29.9 Å². The van der Waals surface area contributed by atoms with Crippen molar-refractivity contribution < 1.29 is 23.8 Å². The molecule has 5 rings (SSSR count). The molecule has 0 saturated heterocycles. The zero-order chi connectivity index (χ0) is 27.1. The summed E-state index contributed by atoms with van der Waals surface area (Å²) in [4.78, 5) is 30.5. The summed E-state index contributed by atoms with van der Waals surface area (Å²) >= 11 is 0. The molecule has 0 bridgehead atoms. The van der Waals surface area contributed by atoms with Crippen LogP contribution in [0.25, 0.3) is 27.6 Å². The van der Waals surface area contributed by atoms with Crippen LogP contribution in [0.4, 0.5) is 4.39 Å². The van der Waals surface area contributed by atoms with E-state index < -0.39 is 0 Å². The first-order chi connectivity index (χ1) is 18.5. The lowest BCUT2D eigenvalue weighted by Crippen LogP contribution is -2.36. The number of benzene rings is 1. The number of fused-ring (bicyclic) bond motifs is 1. The summed E-state index contributed by atoms with van der Waals surface area (Å²) in [6.45, 7) is 5.51. The Morgan fingerprint density at radius 2 is 2.08 bits per heavy atom. The van der Waals surface area contributed by atoms with Crippen LogP contribution in [0.15, 0.2) is 49.1 Å². The van der Waals surface area contributed by atoms with Crippen molar-refractivity contribution >= 4 is 28.9 Å².